The Kier molecular flexibility index (Phi) is 2.77. The molecule has 0 radical (unpaired) electrons. The van der Waals surface area contributed by atoms with Crippen molar-refractivity contribution < 1.29 is 23.2 Å². The first kappa shape index (κ1) is 13.1. The number of hydrogen-bond donors (Lipinski definition) is 1. The van der Waals surface area contributed by atoms with Crippen molar-refractivity contribution in [2.24, 2.45) is 0 Å². The molecule has 0 bridgehead atoms. The van der Waals surface area contributed by atoms with Crippen molar-refractivity contribution in [1.29, 1.82) is 0 Å². The zero-order valence-corrected chi connectivity index (χ0v) is 11.7. The van der Waals surface area contributed by atoms with Crippen LogP contribution < -0.4 is 9.88 Å². The first-order valence-electron chi connectivity index (χ1n) is 7.38. The molecule has 2 heterocycles. The average molecular weight is 292 g/mol. The van der Waals surface area contributed by atoms with E-state index < -0.39 is 18.5 Å². The second-order valence-corrected chi connectivity index (χ2v) is 5.78. The van der Waals surface area contributed by atoms with Crippen molar-refractivity contribution in [2.45, 2.75) is 25.1 Å². The molecule has 1 aromatic carbocycles. The number of nitrogens with one attached hydrogen (secondary N) is 1. The van der Waals surface area contributed by atoms with Crippen LogP contribution in [0.5, 0.6) is 5.75 Å². The third kappa shape index (κ3) is 1.80. The van der Waals surface area contributed by atoms with Gasteiger partial charge in [-0.05, 0) is 31.0 Å². The molecule has 1 N–H and O–H groups in total. The topological polar surface area (TPSA) is 56.8 Å². The average Bonchev–Trinajstić information content (AvgIpc) is 3.14. The number of carbonyl (C=O) groups is 1. The summed E-state index contributed by atoms with van der Waals surface area (Å²) in [4.78, 5) is 12.1. The van der Waals surface area contributed by atoms with Gasteiger partial charge in [-0.2, -0.15) is 0 Å². The lowest BCUT2D eigenvalue weighted by molar-refractivity contribution is 0.0517. The predicted molar refractivity (Wildman–Crippen MR) is 73.8 cm³/mol. The molecule has 5 nitrogen and oxygen atoms in total. The van der Waals surface area contributed by atoms with Crippen LogP contribution in [0.4, 0.5) is 4.39 Å². The number of ether oxygens (including phenoxy) is 1. The maximum absolute atomic E-state index is 14.1. The Morgan fingerprint density at radius 3 is 3.14 bits per heavy atom. The first-order chi connectivity index (χ1) is 10.2. The standard InChI is InChI=1S/C14H16BFNO4/c1-2-19-14(18)12-11(16)4-3-8-9-7-10(9)15(21-13(8)12)17-5-6-20-15/h3-4,9-10,17H,2,5-7H2,1H3/q-1/t9-,10?,15?/m1/s1. The van der Waals surface area contributed by atoms with Gasteiger partial charge in [0.25, 0.3) is 0 Å². The highest BCUT2D eigenvalue weighted by atomic mass is 19.1. The van der Waals surface area contributed by atoms with E-state index in [1.54, 1.807) is 13.0 Å². The van der Waals surface area contributed by atoms with Crippen molar-refractivity contribution in [3.8, 4) is 5.75 Å². The number of benzene rings is 1. The monoisotopic (exact) mass is 292 g/mol. The van der Waals surface area contributed by atoms with Crippen LogP contribution in [-0.4, -0.2) is 32.4 Å². The minimum absolute atomic E-state index is 0.113. The van der Waals surface area contributed by atoms with E-state index in [4.69, 9.17) is 14.0 Å². The van der Waals surface area contributed by atoms with E-state index in [-0.39, 0.29) is 23.9 Å². The third-order valence-electron chi connectivity index (χ3n) is 4.61. The molecule has 2 aliphatic heterocycles. The fourth-order valence-electron chi connectivity index (χ4n) is 3.61. The molecular formula is C14H16BFNO4-. The van der Waals surface area contributed by atoms with Crippen molar-refractivity contribution in [3.63, 3.8) is 0 Å². The molecule has 2 unspecified atom stereocenters. The van der Waals surface area contributed by atoms with E-state index in [1.165, 1.54) is 6.07 Å². The fraction of sp³-hybridized carbons (Fsp3) is 0.500. The molecule has 1 spiro atoms. The van der Waals surface area contributed by atoms with Crippen LogP contribution in [0.15, 0.2) is 12.1 Å². The SMILES string of the molecule is CCOC(=O)c1c(F)ccc2c1O[B-]1(NCCO1)C1C[C@H]21. The lowest BCUT2D eigenvalue weighted by Gasteiger charge is -2.42. The van der Waals surface area contributed by atoms with Gasteiger partial charge >= 0.3 is 12.7 Å². The Morgan fingerprint density at radius 1 is 1.57 bits per heavy atom. The quantitative estimate of drug-likeness (QED) is 0.665. The van der Waals surface area contributed by atoms with Crippen molar-refractivity contribution in [2.75, 3.05) is 19.8 Å². The minimum atomic E-state index is -1.65. The van der Waals surface area contributed by atoms with Gasteiger partial charge in [0.1, 0.15) is 11.4 Å². The van der Waals surface area contributed by atoms with Crippen LogP contribution in [-0.2, 0) is 9.39 Å². The highest BCUT2D eigenvalue weighted by molar-refractivity contribution is 6.69. The largest absolute Gasteiger partial charge is 0.679 e. The summed E-state index contributed by atoms with van der Waals surface area (Å²) in [5.74, 6) is -0.458. The zero-order chi connectivity index (χ0) is 14.6. The van der Waals surface area contributed by atoms with Gasteiger partial charge in [-0.15, -0.1) is 0 Å². The lowest BCUT2D eigenvalue weighted by atomic mass is 9.62. The summed E-state index contributed by atoms with van der Waals surface area (Å²) in [5, 5.41) is 3.27. The normalized spacial score (nSPS) is 32.3. The first-order valence-corrected chi connectivity index (χ1v) is 7.38. The summed E-state index contributed by atoms with van der Waals surface area (Å²) in [6.45, 7) is 1.52. The molecule has 112 valence electrons. The van der Waals surface area contributed by atoms with Gasteiger partial charge < -0.3 is 19.3 Å². The summed E-state index contributed by atoms with van der Waals surface area (Å²) >= 11 is 0. The summed E-state index contributed by atoms with van der Waals surface area (Å²) in [5.41, 5.74) is 0.771. The van der Waals surface area contributed by atoms with Crippen molar-refractivity contribution in [1.82, 2.24) is 5.23 Å². The van der Waals surface area contributed by atoms with Gasteiger partial charge in [0.05, 0.1) is 12.4 Å². The van der Waals surface area contributed by atoms with Crippen LogP contribution in [0.25, 0.3) is 0 Å². The Bertz CT molecular complexity index is 617. The zero-order valence-electron chi connectivity index (χ0n) is 11.7. The molecule has 2 fully saturated rings. The van der Waals surface area contributed by atoms with Gasteiger partial charge in [-0.25, -0.2) is 9.18 Å². The minimum Gasteiger partial charge on any atom is -0.679 e. The second kappa shape index (κ2) is 4.45. The Hall–Kier alpha value is -1.60. The van der Waals surface area contributed by atoms with E-state index in [1.807, 2.05) is 0 Å². The maximum atomic E-state index is 14.1. The molecule has 1 aromatic rings. The van der Waals surface area contributed by atoms with Crippen molar-refractivity contribution in [3.05, 3.63) is 29.1 Å². The van der Waals surface area contributed by atoms with Crippen molar-refractivity contribution >= 4 is 12.7 Å². The number of rotatable bonds is 2. The third-order valence-corrected chi connectivity index (χ3v) is 4.61. The summed E-state index contributed by atoms with van der Waals surface area (Å²) < 4.78 is 30.9. The highest BCUT2D eigenvalue weighted by Gasteiger charge is 2.58. The molecular weight excluding hydrogens is 276 g/mol. The Labute approximate surface area is 121 Å². The number of carbonyl (C=O) groups excluding carboxylic acids is 1. The van der Waals surface area contributed by atoms with Crippen LogP contribution in [0.2, 0.25) is 5.82 Å². The predicted octanol–water partition coefficient (Wildman–Crippen LogP) is 1.81. The second-order valence-electron chi connectivity index (χ2n) is 5.78. The molecule has 1 saturated carbocycles. The summed E-state index contributed by atoms with van der Waals surface area (Å²) in [6, 6.07) is 3.02. The molecule has 3 atom stereocenters. The molecule has 1 saturated heterocycles. The number of halogens is 1. The lowest BCUT2D eigenvalue weighted by Crippen LogP contribution is -2.56. The smallest absolute Gasteiger partial charge is 0.373 e. The fourth-order valence-corrected chi connectivity index (χ4v) is 3.61. The van der Waals surface area contributed by atoms with Gasteiger partial charge in [0, 0.05) is 6.61 Å². The van der Waals surface area contributed by atoms with Gasteiger partial charge in [-0.1, -0.05) is 18.3 Å². The summed E-state index contributed by atoms with van der Waals surface area (Å²) in [6.07, 6.45) is 0.938. The summed E-state index contributed by atoms with van der Waals surface area (Å²) in [7, 11) is 0. The molecule has 3 aliphatic rings. The molecule has 1 aliphatic carbocycles. The van der Waals surface area contributed by atoms with E-state index in [2.05, 4.69) is 5.23 Å². The Balaban J connectivity index is 1.81. The molecule has 4 rings (SSSR count). The van der Waals surface area contributed by atoms with E-state index in [0.29, 0.717) is 18.9 Å². The van der Waals surface area contributed by atoms with Gasteiger partial charge in [0.15, 0.2) is 0 Å². The number of fused-ring (bicyclic) bond motifs is 4. The van der Waals surface area contributed by atoms with Crippen LogP contribution in [0.3, 0.4) is 0 Å². The molecule has 7 heteroatoms. The molecule has 0 amide bonds. The van der Waals surface area contributed by atoms with Crippen LogP contribution in [0, 0.1) is 5.82 Å². The van der Waals surface area contributed by atoms with E-state index in [9.17, 15) is 9.18 Å². The Morgan fingerprint density at radius 2 is 2.43 bits per heavy atom. The maximum Gasteiger partial charge on any atom is 0.373 e. The molecule has 0 aromatic heterocycles. The van der Waals surface area contributed by atoms with Crippen LogP contribution >= 0.6 is 0 Å². The van der Waals surface area contributed by atoms with Gasteiger partial charge in [-0.3, -0.25) is 0 Å². The van der Waals surface area contributed by atoms with E-state index >= 15 is 0 Å². The van der Waals surface area contributed by atoms with E-state index in [0.717, 1.165) is 12.0 Å². The molecule has 21 heavy (non-hydrogen) atoms. The highest BCUT2D eigenvalue weighted by Crippen LogP contribution is 2.64. The number of hydrogen-bond acceptors (Lipinski definition) is 5. The number of esters is 1. The van der Waals surface area contributed by atoms with Gasteiger partial charge in [0.2, 0.25) is 0 Å². The van der Waals surface area contributed by atoms with Crippen LogP contribution in [0.1, 0.15) is 35.2 Å².